The van der Waals surface area contributed by atoms with E-state index >= 15 is 0 Å². The third kappa shape index (κ3) is 4.36. The molecule has 130 valence electrons. The lowest BCUT2D eigenvalue weighted by molar-refractivity contribution is 0.183. The van der Waals surface area contributed by atoms with E-state index in [0.29, 0.717) is 24.8 Å². The number of urea groups is 1. The topological polar surface area (TPSA) is 68.2 Å². The highest BCUT2D eigenvalue weighted by molar-refractivity contribution is 7.10. The molecule has 0 radical (unpaired) electrons. The van der Waals surface area contributed by atoms with Crippen LogP contribution in [0.5, 0.6) is 0 Å². The smallest absolute Gasteiger partial charge is 0.319 e. The Hall–Kier alpha value is -1.86. The molecular formula is C17H24N4O2S. The molecule has 0 saturated heterocycles. The maximum atomic E-state index is 12.4. The van der Waals surface area contributed by atoms with Crippen molar-refractivity contribution < 1.29 is 9.53 Å². The largest absolute Gasteiger partial charge is 0.383 e. The van der Waals surface area contributed by atoms with E-state index in [1.165, 1.54) is 30.6 Å². The number of hydrogen-bond acceptors (Lipinski definition) is 4. The van der Waals surface area contributed by atoms with Gasteiger partial charge in [-0.05, 0) is 30.2 Å². The number of thiophene rings is 1. The average Bonchev–Trinajstić information content (AvgIpc) is 3.32. The summed E-state index contributed by atoms with van der Waals surface area (Å²) in [5, 5.41) is 12.3. The molecule has 3 rings (SSSR count). The van der Waals surface area contributed by atoms with Gasteiger partial charge in [0.1, 0.15) is 0 Å². The van der Waals surface area contributed by atoms with Crippen LogP contribution < -0.4 is 10.6 Å². The highest BCUT2D eigenvalue weighted by atomic mass is 32.1. The van der Waals surface area contributed by atoms with Crippen LogP contribution in [0.2, 0.25) is 0 Å². The molecule has 24 heavy (non-hydrogen) atoms. The van der Waals surface area contributed by atoms with Crippen LogP contribution in [0.15, 0.2) is 29.9 Å². The van der Waals surface area contributed by atoms with Crippen molar-refractivity contribution in [3.8, 4) is 0 Å². The minimum atomic E-state index is -0.174. The first kappa shape index (κ1) is 17.0. The van der Waals surface area contributed by atoms with Gasteiger partial charge < -0.3 is 15.4 Å². The molecule has 1 aliphatic rings. The van der Waals surface area contributed by atoms with E-state index in [0.717, 1.165) is 0 Å². The summed E-state index contributed by atoms with van der Waals surface area (Å²) in [7, 11) is 1.66. The lowest BCUT2D eigenvalue weighted by Crippen LogP contribution is -2.35. The van der Waals surface area contributed by atoms with Gasteiger partial charge in [-0.2, -0.15) is 5.10 Å². The highest BCUT2D eigenvalue weighted by Gasteiger charge is 2.28. The molecule has 1 aliphatic carbocycles. The first-order valence-corrected chi connectivity index (χ1v) is 9.26. The van der Waals surface area contributed by atoms with Crippen molar-refractivity contribution in [3.63, 3.8) is 0 Å². The van der Waals surface area contributed by atoms with Gasteiger partial charge in [0.05, 0.1) is 31.1 Å². The van der Waals surface area contributed by atoms with Gasteiger partial charge in [-0.3, -0.25) is 4.68 Å². The van der Waals surface area contributed by atoms with Crippen LogP contribution in [0.4, 0.5) is 10.5 Å². The maximum Gasteiger partial charge on any atom is 0.319 e. The number of aromatic nitrogens is 2. The van der Waals surface area contributed by atoms with Crippen LogP contribution in [-0.2, 0) is 11.3 Å². The van der Waals surface area contributed by atoms with E-state index in [1.54, 1.807) is 29.3 Å². The number of rotatable bonds is 7. The summed E-state index contributed by atoms with van der Waals surface area (Å²) in [4.78, 5) is 13.6. The normalized spacial score (nSPS) is 16.2. The number of nitrogens with one attached hydrogen (secondary N) is 2. The standard InChI is InChI=1S/C17H24N4O2S/c1-23-9-8-21-12-14(11-18-21)19-17(22)20-16(13-5-2-3-6-13)15-7-4-10-24-15/h4,7,10-13,16H,2-3,5-6,8-9H2,1H3,(H2,19,20,22)/t16-/m1/s1. The number of amides is 2. The second-order valence-electron chi connectivity index (χ2n) is 6.12. The quantitative estimate of drug-likeness (QED) is 0.802. The molecule has 0 spiro atoms. The molecular weight excluding hydrogens is 324 g/mol. The predicted molar refractivity (Wildman–Crippen MR) is 95.3 cm³/mol. The fraction of sp³-hybridized carbons (Fsp3) is 0.529. The minimum absolute atomic E-state index is 0.0936. The van der Waals surface area contributed by atoms with E-state index in [-0.39, 0.29) is 12.1 Å². The van der Waals surface area contributed by atoms with Gasteiger partial charge >= 0.3 is 6.03 Å². The van der Waals surface area contributed by atoms with Gasteiger partial charge in [-0.1, -0.05) is 18.9 Å². The van der Waals surface area contributed by atoms with Crippen LogP contribution in [0.3, 0.4) is 0 Å². The van der Waals surface area contributed by atoms with Crippen molar-refractivity contribution >= 4 is 23.1 Å². The number of carbonyl (C=O) groups is 1. The van der Waals surface area contributed by atoms with Gasteiger partial charge in [-0.15, -0.1) is 11.3 Å². The molecule has 6 nitrogen and oxygen atoms in total. The number of ether oxygens (including phenoxy) is 1. The molecule has 1 atom stereocenters. The summed E-state index contributed by atoms with van der Waals surface area (Å²) in [6, 6.07) is 4.07. The van der Waals surface area contributed by atoms with Crippen LogP contribution >= 0.6 is 11.3 Å². The number of carbonyl (C=O) groups excluding carboxylic acids is 1. The van der Waals surface area contributed by atoms with Crippen LogP contribution in [0, 0.1) is 5.92 Å². The second kappa shape index (κ2) is 8.30. The lowest BCUT2D eigenvalue weighted by atomic mass is 9.97. The summed E-state index contributed by atoms with van der Waals surface area (Å²) in [5.74, 6) is 0.527. The SMILES string of the molecule is COCCn1cc(NC(=O)N[C@@H](c2cccs2)C2CCCC2)cn1. The maximum absolute atomic E-state index is 12.4. The van der Waals surface area contributed by atoms with Crippen molar-refractivity contribution in [1.82, 2.24) is 15.1 Å². The third-order valence-corrected chi connectivity index (χ3v) is 5.38. The molecule has 0 unspecified atom stereocenters. The van der Waals surface area contributed by atoms with Crippen molar-refractivity contribution in [3.05, 3.63) is 34.8 Å². The molecule has 2 heterocycles. The zero-order valence-electron chi connectivity index (χ0n) is 13.9. The molecule has 2 aromatic rings. The zero-order valence-corrected chi connectivity index (χ0v) is 14.7. The Balaban J connectivity index is 1.60. The van der Waals surface area contributed by atoms with Gasteiger partial charge in [-0.25, -0.2) is 4.79 Å². The summed E-state index contributed by atoms with van der Waals surface area (Å²) < 4.78 is 6.78. The predicted octanol–water partition coefficient (Wildman–Crippen LogP) is 3.64. The molecule has 0 bridgehead atoms. The van der Waals surface area contributed by atoms with E-state index in [1.807, 2.05) is 12.3 Å². The molecule has 7 heteroatoms. The number of anilines is 1. The Morgan fingerprint density at radius 1 is 1.50 bits per heavy atom. The van der Waals surface area contributed by atoms with Gasteiger partial charge in [0.15, 0.2) is 0 Å². The second-order valence-corrected chi connectivity index (χ2v) is 7.10. The lowest BCUT2D eigenvalue weighted by Gasteiger charge is -2.23. The molecule has 1 fully saturated rings. The van der Waals surface area contributed by atoms with Crippen molar-refractivity contribution in [2.45, 2.75) is 38.3 Å². The van der Waals surface area contributed by atoms with Gasteiger partial charge in [0, 0.05) is 18.2 Å². The summed E-state index contributed by atoms with van der Waals surface area (Å²) in [6.45, 7) is 1.26. The molecule has 0 aromatic carbocycles. The Kier molecular flexibility index (Phi) is 5.87. The van der Waals surface area contributed by atoms with Crippen molar-refractivity contribution in [2.24, 2.45) is 5.92 Å². The highest BCUT2D eigenvalue weighted by Crippen LogP contribution is 2.37. The molecule has 2 aromatic heterocycles. The Labute approximate surface area is 146 Å². The first-order valence-electron chi connectivity index (χ1n) is 8.38. The Bertz CT molecular complexity index is 635. The first-order chi connectivity index (χ1) is 11.8. The van der Waals surface area contributed by atoms with Crippen LogP contribution in [-0.4, -0.2) is 29.5 Å². The third-order valence-electron chi connectivity index (χ3n) is 4.42. The molecule has 0 aliphatic heterocycles. The summed E-state index contributed by atoms with van der Waals surface area (Å²) in [6.07, 6.45) is 8.33. The van der Waals surface area contributed by atoms with E-state index in [2.05, 4.69) is 27.2 Å². The van der Waals surface area contributed by atoms with Crippen molar-refractivity contribution in [1.29, 1.82) is 0 Å². The Morgan fingerprint density at radius 3 is 3.04 bits per heavy atom. The minimum Gasteiger partial charge on any atom is -0.383 e. The fourth-order valence-corrected chi connectivity index (χ4v) is 4.09. The zero-order chi connectivity index (χ0) is 16.8. The monoisotopic (exact) mass is 348 g/mol. The van der Waals surface area contributed by atoms with E-state index in [4.69, 9.17) is 4.74 Å². The Morgan fingerprint density at radius 2 is 2.33 bits per heavy atom. The fourth-order valence-electron chi connectivity index (χ4n) is 3.22. The number of methoxy groups -OCH3 is 1. The molecule has 2 amide bonds. The average molecular weight is 348 g/mol. The molecule has 1 saturated carbocycles. The number of hydrogen-bond donors (Lipinski definition) is 2. The number of nitrogens with zero attached hydrogens (tertiary/aromatic N) is 2. The van der Waals surface area contributed by atoms with Crippen molar-refractivity contribution in [2.75, 3.05) is 19.0 Å². The van der Waals surface area contributed by atoms with Crippen LogP contribution in [0.1, 0.15) is 36.6 Å². The van der Waals surface area contributed by atoms with Gasteiger partial charge in [0.25, 0.3) is 0 Å². The van der Waals surface area contributed by atoms with Gasteiger partial charge in [0.2, 0.25) is 0 Å². The van der Waals surface area contributed by atoms with E-state index < -0.39 is 0 Å². The molecule has 2 N–H and O–H groups in total. The summed E-state index contributed by atoms with van der Waals surface area (Å²) >= 11 is 1.71. The van der Waals surface area contributed by atoms with Crippen LogP contribution in [0.25, 0.3) is 0 Å². The van der Waals surface area contributed by atoms with E-state index in [9.17, 15) is 4.79 Å². The summed E-state index contributed by atoms with van der Waals surface area (Å²) in [5.41, 5.74) is 0.694.